The van der Waals surface area contributed by atoms with Gasteiger partial charge in [0.05, 0.1) is 12.8 Å². The van der Waals surface area contributed by atoms with Crippen molar-refractivity contribution in [2.45, 2.75) is 19.4 Å². The zero-order chi connectivity index (χ0) is 14.8. The van der Waals surface area contributed by atoms with E-state index in [9.17, 15) is 0 Å². The molecular formula is C16H20N4O. The Bertz CT molecular complexity index is 644. The van der Waals surface area contributed by atoms with Crippen LogP contribution < -0.4 is 15.4 Å². The van der Waals surface area contributed by atoms with Gasteiger partial charge in [0.2, 0.25) is 5.95 Å². The lowest BCUT2D eigenvalue weighted by Gasteiger charge is -2.17. The maximum Gasteiger partial charge on any atom is 0.226 e. The number of anilines is 1. The molecule has 0 spiro atoms. The molecule has 1 aliphatic heterocycles. The Morgan fingerprint density at radius 2 is 2.14 bits per heavy atom. The van der Waals surface area contributed by atoms with Gasteiger partial charge < -0.3 is 15.4 Å². The van der Waals surface area contributed by atoms with Crippen LogP contribution in [0.5, 0.6) is 5.75 Å². The second kappa shape index (κ2) is 5.69. The van der Waals surface area contributed by atoms with Gasteiger partial charge >= 0.3 is 0 Å². The van der Waals surface area contributed by atoms with E-state index >= 15 is 0 Å². The minimum absolute atomic E-state index is 0.217. The van der Waals surface area contributed by atoms with E-state index in [1.165, 1.54) is 0 Å². The molecule has 110 valence electrons. The molecule has 0 saturated carbocycles. The minimum atomic E-state index is 0.217. The highest BCUT2D eigenvalue weighted by molar-refractivity contribution is 5.63. The van der Waals surface area contributed by atoms with E-state index < -0.39 is 0 Å². The Balaban J connectivity index is 1.97. The first kappa shape index (κ1) is 13.8. The van der Waals surface area contributed by atoms with Crippen LogP contribution in [-0.4, -0.2) is 36.2 Å². The molecule has 5 nitrogen and oxygen atoms in total. The first-order valence-corrected chi connectivity index (χ1v) is 7.16. The maximum atomic E-state index is 5.97. The summed E-state index contributed by atoms with van der Waals surface area (Å²) in [5.74, 6) is 1.59. The summed E-state index contributed by atoms with van der Waals surface area (Å²) in [6.07, 6.45) is 0.992. The first-order chi connectivity index (χ1) is 10.2. The molecule has 5 heteroatoms. The van der Waals surface area contributed by atoms with Gasteiger partial charge in [-0.2, -0.15) is 0 Å². The van der Waals surface area contributed by atoms with E-state index in [-0.39, 0.29) is 6.04 Å². The van der Waals surface area contributed by atoms with Crippen LogP contribution in [0.15, 0.2) is 30.3 Å². The fraction of sp³-hybridized carbons (Fsp3) is 0.375. The van der Waals surface area contributed by atoms with Crippen molar-refractivity contribution in [2.24, 2.45) is 5.73 Å². The van der Waals surface area contributed by atoms with Crippen LogP contribution in [0.1, 0.15) is 12.1 Å². The smallest absolute Gasteiger partial charge is 0.226 e. The minimum Gasteiger partial charge on any atom is -0.497 e. The van der Waals surface area contributed by atoms with Crippen LogP contribution in [0.4, 0.5) is 5.95 Å². The lowest BCUT2D eigenvalue weighted by Crippen LogP contribution is -2.27. The highest BCUT2D eigenvalue weighted by atomic mass is 16.5. The Hall–Kier alpha value is -2.14. The molecule has 0 radical (unpaired) electrons. The van der Waals surface area contributed by atoms with Gasteiger partial charge in [-0.25, -0.2) is 9.97 Å². The van der Waals surface area contributed by atoms with Gasteiger partial charge in [-0.3, -0.25) is 0 Å². The van der Waals surface area contributed by atoms with Gasteiger partial charge in [-0.05, 0) is 31.5 Å². The highest BCUT2D eigenvalue weighted by Crippen LogP contribution is 2.25. The molecule has 2 N–H and O–H groups in total. The van der Waals surface area contributed by atoms with Crippen molar-refractivity contribution >= 4 is 5.95 Å². The lowest BCUT2D eigenvalue weighted by atomic mass is 10.1. The molecule has 1 unspecified atom stereocenters. The molecule has 21 heavy (non-hydrogen) atoms. The van der Waals surface area contributed by atoms with Gasteiger partial charge in [0.15, 0.2) is 0 Å². The summed E-state index contributed by atoms with van der Waals surface area (Å²) in [4.78, 5) is 11.4. The average Bonchev–Trinajstić information content (AvgIpc) is 2.93. The van der Waals surface area contributed by atoms with Crippen molar-refractivity contribution < 1.29 is 4.74 Å². The monoisotopic (exact) mass is 284 g/mol. The number of ether oxygens (including phenoxy) is 1. The lowest BCUT2D eigenvalue weighted by molar-refractivity contribution is 0.415. The SMILES string of the molecule is COc1cccc(-c2cc(C)nc(N3CCC(N)C3)n2)c1. The summed E-state index contributed by atoms with van der Waals surface area (Å²) in [6, 6.07) is 10.1. The Morgan fingerprint density at radius 1 is 1.29 bits per heavy atom. The summed E-state index contributed by atoms with van der Waals surface area (Å²) in [7, 11) is 1.67. The molecule has 0 aliphatic carbocycles. The van der Waals surface area contributed by atoms with Crippen LogP contribution in [0.25, 0.3) is 11.3 Å². The van der Waals surface area contributed by atoms with Crippen LogP contribution >= 0.6 is 0 Å². The molecule has 0 bridgehead atoms. The van der Waals surface area contributed by atoms with E-state index in [4.69, 9.17) is 15.5 Å². The Labute approximate surface area is 124 Å². The number of hydrogen-bond donors (Lipinski definition) is 1. The van der Waals surface area contributed by atoms with Crippen LogP contribution in [0.2, 0.25) is 0 Å². The second-order valence-corrected chi connectivity index (χ2v) is 5.42. The molecule has 1 aliphatic rings. The van der Waals surface area contributed by atoms with Crippen molar-refractivity contribution in [1.29, 1.82) is 0 Å². The summed E-state index contributed by atoms with van der Waals surface area (Å²) in [5.41, 5.74) is 8.88. The van der Waals surface area contributed by atoms with E-state index in [2.05, 4.69) is 9.88 Å². The molecule has 1 fully saturated rings. The molecule has 0 amide bonds. The van der Waals surface area contributed by atoms with Gasteiger partial charge in [0, 0.05) is 30.4 Å². The largest absolute Gasteiger partial charge is 0.497 e. The molecule has 1 saturated heterocycles. The molecule has 2 aromatic rings. The average molecular weight is 284 g/mol. The number of methoxy groups -OCH3 is 1. The van der Waals surface area contributed by atoms with Gasteiger partial charge in [0.25, 0.3) is 0 Å². The van der Waals surface area contributed by atoms with Gasteiger partial charge in [0.1, 0.15) is 5.75 Å². The summed E-state index contributed by atoms with van der Waals surface area (Å²) >= 11 is 0. The third kappa shape index (κ3) is 2.97. The quantitative estimate of drug-likeness (QED) is 0.934. The zero-order valence-corrected chi connectivity index (χ0v) is 12.4. The number of aryl methyl sites for hydroxylation is 1. The predicted octanol–water partition coefficient (Wildman–Crippen LogP) is 2.00. The first-order valence-electron chi connectivity index (χ1n) is 7.16. The summed E-state index contributed by atoms with van der Waals surface area (Å²) in [5, 5.41) is 0. The van der Waals surface area contributed by atoms with Crippen LogP contribution in [-0.2, 0) is 0 Å². The molecule has 1 aromatic carbocycles. The third-order valence-electron chi connectivity index (χ3n) is 3.72. The number of nitrogens with two attached hydrogens (primary N) is 1. The molecule has 3 rings (SSSR count). The highest BCUT2D eigenvalue weighted by Gasteiger charge is 2.22. The molecule has 1 atom stereocenters. The van der Waals surface area contributed by atoms with Crippen LogP contribution in [0, 0.1) is 6.92 Å². The number of rotatable bonds is 3. The standard InChI is InChI=1S/C16H20N4O/c1-11-8-15(12-4-3-5-14(9-12)21-2)19-16(18-11)20-7-6-13(17)10-20/h3-5,8-9,13H,6-7,10,17H2,1-2H3. The Kier molecular flexibility index (Phi) is 3.75. The zero-order valence-electron chi connectivity index (χ0n) is 12.4. The second-order valence-electron chi connectivity index (χ2n) is 5.42. The van der Waals surface area contributed by atoms with E-state index in [0.29, 0.717) is 0 Å². The number of nitrogens with zero attached hydrogens (tertiary/aromatic N) is 3. The van der Waals surface area contributed by atoms with E-state index in [1.54, 1.807) is 7.11 Å². The van der Waals surface area contributed by atoms with Crippen molar-refractivity contribution in [3.05, 3.63) is 36.0 Å². The molecule has 1 aromatic heterocycles. The normalized spacial score (nSPS) is 18.0. The van der Waals surface area contributed by atoms with E-state index in [0.717, 1.165) is 48.2 Å². The van der Waals surface area contributed by atoms with Gasteiger partial charge in [-0.15, -0.1) is 0 Å². The van der Waals surface area contributed by atoms with Crippen LogP contribution in [0.3, 0.4) is 0 Å². The molecule has 2 heterocycles. The number of hydrogen-bond acceptors (Lipinski definition) is 5. The van der Waals surface area contributed by atoms with Crippen molar-refractivity contribution in [1.82, 2.24) is 9.97 Å². The summed E-state index contributed by atoms with van der Waals surface area (Å²) in [6.45, 7) is 3.73. The third-order valence-corrected chi connectivity index (χ3v) is 3.72. The number of benzene rings is 1. The Morgan fingerprint density at radius 3 is 2.86 bits per heavy atom. The predicted molar refractivity (Wildman–Crippen MR) is 83.6 cm³/mol. The van der Waals surface area contributed by atoms with Crippen molar-refractivity contribution in [2.75, 3.05) is 25.1 Å². The number of aromatic nitrogens is 2. The van der Waals surface area contributed by atoms with Gasteiger partial charge in [-0.1, -0.05) is 12.1 Å². The maximum absolute atomic E-state index is 5.97. The van der Waals surface area contributed by atoms with E-state index in [1.807, 2.05) is 37.3 Å². The molecular weight excluding hydrogens is 264 g/mol. The fourth-order valence-electron chi connectivity index (χ4n) is 2.59. The topological polar surface area (TPSA) is 64.3 Å². The summed E-state index contributed by atoms with van der Waals surface area (Å²) < 4.78 is 5.28. The fourth-order valence-corrected chi connectivity index (χ4v) is 2.59. The van der Waals surface area contributed by atoms with Crippen molar-refractivity contribution in [3.8, 4) is 17.0 Å². The van der Waals surface area contributed by atoms with Crippen molar-refractivity contribution in [3.63, 3.8) is 0 Å².